The minimum atomic E-state index is 0.164. The number of fused-ring (bicyclic) bond motifs is 6. The van der Waals surface area contributed by atoms with Crippen molar-refractivity contribution in [2.45, 2.75) is 150 Å². The number of aldehydes is 1. The van der Waals surface area contributed by atoms with Crippen LogP contribution in [0.5, 0.6) is 0 Å². The van der Waals surface area contributed by atoms with Gasteiger partial charge < -0.3 is 5.11 Å². The molecule has 678 valence electrons. The summed E-state index contributed by atoms with van der Waals surface area (Å²) >= 11 is 44.6. The fourth-order valence-electron chi connectivity index (χ4n) is 14.6. The summed E-state index contributed by atoms with van der Waals surface area (Å²) in [4.78, 5) is 31.4. The minimum absolute atomic E-state index is 0.164. The number of pyridine rings is 5. The average molecular weight is 1940 g/mol. The Hall–Kier alpha value is -13.5. The van der Waals surface area contributed by atoms with Gasteiger partial charge in [-0.25, -0.2) is 28.1 Å². The van der Waals surface area contributed by atoms with Gasteiger partial charge in [0, 0.05) is 174 Å². The Kier molecular flexibility index (Phi) is 29.4. The van der Waals surface area contributed by atoms with Crippen molar-refractivity contribution in [2.24, 2.45) is 35.5 Å². The first kappa shape index (κ1) is 92.9. The zero-order valence-corrected chi connectivity index (χ0v) is 79.6. The van der Waals surface area contributed by atoms with Crippen molar-refractivity contribution < 1.29 is 9.90 Å². The molecule has 6 fully saturated rings. The Balaban J connectivity index is 0.000000109. The van der Waals surface area contributed by atoms with Crippen LogP contribution in [0.1, 0.15) is 178 Å². The molecule has 0 amide bonds. The van der Waals surface area contributed by atoms with E-state index in [0.29, 0.717) is 81.6 Å². The first-order valence-electron chi connectivity index (χ1n) is 44.9. The highest BCUT2D eigenvalue weighted by molar-refractivity contribution is 6.38. The molecular weight excluding hydrogens is 1850 g/mol. The number of halogens is 7. The molecule has 0 aliphatic heterocycles. The van der Waals surface area contributed by atoms with Gasteiger partial charge in [0.2, 0.25) is 0 Å². The van der Waals surface area contributed by atoms with E-state index < -0.39 is 0 Å². The lowest BCUT2D eigenvalue weighted by atomic mass is 10.1. The van der Waals surface area contributed by atoms with Crippen LogP contribution in [0.15, 0.2) is 165 Å². The van der Waals surface area contributed by atoms with E-state index in [9.17, 15) is 4.79 Å². The van der Waals surface area contributed by atoms with Gasteiger partial charge in [-0.15, -0.1) is 30.6 Å². The summed E-state index contributed by atoms with van der Waals surface area (Å²) in [7, 11) is 0. The molecule has 0 bridgehead atoms. The lowest BCUT2D eigenvalue weighted by Crippen LogP contribution is -2.01. The normalized spacial score (nSPS) is 13.8. The van der Waals surface area contributed by atoms with Crippen LogP contribution < -0.4 is 0 Å². The van der Waals surface area contributed by atoms with E-state index in [2.05, 4.69) is 158 Å². The highest BCUT2D eigenvalue weighted by Crippen LogP contribution is 2.39. The molecule has 0 atom stereocenters. The zero-order chi connectivity index (χ0) is 93.7. The molecule has 11 aromatic heterocycles. The molecule has 6 saturated carbocycles. The number of aliphatic hydroxyl groups excluding tert-OH is 1. The van der Waals surface area contributed by atoms with E-state index in [1.54, 1.807) is 49.3 Å². The Morgan fingerprint density at radius 2 is 0.662 bits per heavy atom. The molecule has 0 radical (unpaired) electrons. The fourth-order valence-corrected chi connectivity index (χ4v) is 16.2. The number of hydrogen-bond donors (Lipinski definition) is 1. The van der Waals surface area contributed by atoms with Gasteiger partial charge in [-0.1, -0.05) is 184 Å². The predicted molar refractivity (Wildman–Crippen MR) is 530 cm³/mol. The third-order valence-corrected chi connectivity index (χ3v) is 25.8. The van der Waals surface area contributed by atoms with Crippen LogP contribution in [0.3, 0.4) is 0 Å². The number of aryl methyl sites for hydroxylation is 3. The molecule has 32 heteroatoms. The van der Waals surface area contributed by atoms with Gasteiger partial charge in [0.15, 0.2) is 6.29 Å². The van der Waals surface area contributed by atoms with E-state index >= 15 is 0 Å². The summed E-state index contributed by atoms with van der Waals surface area (Å²) in [6, 6.07) is 36.6. The molecule has 23 rings (SSSR count). The third kappa shape index (κ3) is 23.9. The summed E-state index contributed by atoms with van der Waals surface area (Å²) in [5, 5.41) is 63.2. The molecule has 0 saturated heterocycles. The molecule has 136 heavy (non-hydrogen) atoms. The maximum Gasteiger partial charge on any atom is 0.151 e. The molecule has 0 unspecified atom stereocenters. The van der Waals surface area contributed by atoms with E-state index in [0.717, 1.165) is 197 Å². The maximum atomic E-state index is 10.8. The SMILES string of the molecule is Cc1ccc(C#Cc2ccc3c(nnn3CC3CC3)c2Cl)cn1.Cc1cncc(C#Cc2ccc3c(nnn3CC3CC3)c2Cl)c1.Cc1ncccc1C#Cc1ccc2c(nnn2CC2CC2)c1Cl.Clc1cncc(C#Cc2ccc3c(nnn3CC3CC3)c2Cl)c1.O=Cc1cncc(C#Cc2ccc3c(nnn3CC3CC3)c2Cl)c1.OCCCC#Cc1ccc2c(nnn2CC2CC2)c1Cl. The summed E-state index contributed by atoms with van der Waals surface area (Å²) in [5.41, 5.74) is 22.0. The van der Waals surface area contributed by atoms with E-state index in [1.807, 2.05) is 158 Å². The first-order valence-corrected chi connectivity index (χ1v) is 47.6. The van der Waals surface area contributed by atoms with Crippen LogP contribution in [0.2, 0.25) is 35.2 Å². The van der Waals surface area contributed by atoms with Crippen LogP contribution in [0.4, 0.5) is 0 Å². The highest BCUT2D eigenvalue weighted by Gasteiger charge is 2.30. The van der Waals surface area contributed by atoms with Gasteiger partial charge in [-0.2, -0.15) is 0 Å². The maximum absolute atomic E-state index is 10.8. The van der Waals surface area contributed by atoms with Crippen molar-refractivity contribution in [1.82, 2.24) is 115 Å². The van der Waals surface area contributed by atoms with Gasteiger partial charge in [0.25, 0.3) is 0 Å². The van der Waals surface area contributed by atoms with Gasteiger partial charge in [0.1, 0.15) is 33.1 Å². The minimum Gasteiger partial charge on any atom is -0.396 e. The Bertz CT molecular complexity index is 7640. The number of carbonyl (C=O) groups is 1. The fraction of sp³-hybridized carbons (Fsp3) is 0.288. The number of rotatable bonds is 15. The van der Waals surface area contributed by atoms with Crippen molar-refractivity contribution in [3.05, 3.63) is 284 Å². The molecule has 6 aromatic carbocycles. The van der Waals surface area contributed by atoms with Crippen LogP contribution in [-0.4, -0.2) is 133 Å². The number of unbranched alkanes of at least 4 members (excludes halogenated alkanes) is 1. The summed E-state index contributed by atoms with van der Waals surface area (Å²) in [5.74, 6) is 41.2. The number of carbonyl (C=O) groups excluding carboxylic acids is 1. The number of nitrogens with zero attached hydrogens (tertiary/aromatic N) is 23. The molecular formula is C104H86Cl7N23O2. The monoisotopic (exact) mass is 1930 g/mol. The molecule has 0 spiro atoms. The van der Waals surface area contributed by atoms with Crippen molar-refractivity contribution in [1.29, 1.82) is 0 Å². The smallest absolute Gasteiger partial charge is 0.151 e. The average Bonchev–Trinajstić information content (AvgIpc) is 1.66. The largest absolute Gasteiger partial charge is 0.396 e. The predicted octanol–water partition coefficient (Wildman–Crippen LogP) is 20.5. The number of benzene rings is 6. The van der Waals surface area contributed by atoms with E-state index in [-0.39, 0.29) is 6.61 Å². The number of aromatic nitrogens is 23. The van der Waals surface area contributed by atoms with Crippen molar-refractivity contribution in [2.75, 3.05) is 6.61 Å². The summed E-state index contributed by atoms with van der Waals surface area (Å²) < 4.78 is 11.6. The van der Waals surface area contributed by atoms with Gasteiger partial charge in [-0.05, 0) is 261 Å². The van der Waals surface area contributed by atoms with Crippen molar-refractivity contribution in [3.8, 4) is 71.0 Å². The molecule has 6 aliphatic carbocycles. The first-order chi connectivity index (χ1) is 66.4. The topological polar surface area (TPSA) is 286 Å². The zero-order valence-electron chi connectivity index (χ0n) is 74.3. The second kappa shape index (κ2) is 43.0. The summed E-state index contributed by atoms with van der Waals surface area (Å²) in [6.07, 6.45) is 30.8. The summed E-state index contributed by atoms with van der Waals surface area (Å²) in [6.45, 7) is 11.5. The van der Waals surface area contributed by atoms with Gasteiger partial charge >= 0.3 is 0 Å². The Morgan fingerprint density at radius 1 is 0.338 bits per heavy atom. The molecule has 17 aromatic rings. The van der Waals surface area contributed by atoms with Crippen LogP contribution in [-0.2, 0) is 39.3 Å². The van der Waals surface area contributed by atoms with Gasteiger partial charge in [-0.3, -0.25) is 29.7 Å². The van der Waals surface area contributed by atoms with Crippen LogP contribution in [0.25, 0.3) is 66.2 Å². The van der Waals surface area contributed by atoms with E-state index in [4.69, 9.17) is 86.3 Å². The highest BCUT2D eigenvalue weighted by atomic mass is 35.5. The third-order valence-electron chi connectivity index (χ3n) is 23.3. The Morgan fingerprint density at radius 3 is 0.985 bits per heavy atom. The second-order valence-corrected chi connectivity index (χ2v) is 37.2. The van der Waals surface area contributed by atoms with Gasteiger partial charge in [0.05, 0.1) is 74.0 Å². The quantitative estimate of drug-likeness (QED) is 0.0567. The second-order valence-electron chi connectivity index (χ2n) is 34.5. The molecule has 6 aliphatic rings. The van der Waals surface area contributed by atoms with E-state index in [1.165, 1.54) is 83.2 Å². The van der Waals surface area contributed by atoms with Crippen LogP contribution in [0, 0.1) is 127 Å². The van der Waals surface area contributed by atoms with Crippen LogP contribution >= 0.6 is 81.2 Å². The lowest BCUT2D eigenvalue weighted by molar-refractivity contribution is 0.112. The number of hydrogen-bond acceptors (Lipinski definition) is 19. The molecule has 1 N–H and O–H groups in total. The number of aliphatic hydroxyl groups is 1. The molecule has 25 nitrogen and oxygen atoms in total. The van der Waals surface area contributed by atoms with Crippen molar-refractivity contribution in [3.63, 3.8) is 0 Å². The lowest BCUT2D eigenvalue weighted by Gasteiger charge is -2.01. The van der Waals surface area contributed by atoms with Crippen molar-refractivity contribution >= 4 is 154 Å². The molecule has 11 heterocycles. The standard InChI is InChI=1S/C18H13ClN4O.3C18H15ClN4.C17H12Cl2N4.C15H16ClN3O/c19-17-15(4-3-13-7-14(11-24)9-20-8-13)5-6-16-18(17)21-22-23(16)10-12-1-2-12;1-12-8-14(10-20-9-12)4-5-15-6-7-16-18(17(15)19)21-22-23(16)11-13-2-3-13;1-12-2-3-13(10-20-12)6-7-15-8-9-16-18(17(15)19)21-22-23(16)11-14-4-5-14;1-12-14(3-2-10-20-12)6-7-15-8-9-16-18(17(15)19)21-22-23(16)11-13-4-5-13;18-14-7-12(8-20-9-14)3-4-13-5-6-15-17(16(13)19)21-22-23(15)10-11-1-2-11;16-14-12(4-2-1-3-9-20)7-8-13-15(14)17-18-19(13)10-11-5-6-11/h5-9,11-12H,1-2,10H2;6-10,13H,2-3,11H2,1H3;2-3,8-10,14H,4-5,11H2,1H3;2-3,8-10,13H,4-5,11H2,1H3;5-9,11H,1-2,10H2;7-8,11,20H,1,3,5-6,9-10H2. The Labute approximate surface area is 819 Å².